The number of allylic oxidation sites excluding steroid dienone is 1. The standard InChI is InChI=1S/C23H21NO2/c1-23(2)15-19(18-11-6-7-13-21(18)26-23)22(25)20-12-8-14-24(20)16-17-9-4-3-5-10-17/h3-15H,16H2,1-2H3. The number of carbonyl (C=O) groups is 1. The lowest BCUT2D eigenvalue weighted by molar-refractivity contribution is 0.103. The minimum Gasteiger partial charge on any atom is -0.483 e. The van der Waals surface area contributed by atoms with E-state index in [1.54, 1.807) is 0 Å². The van der Waals surface area contributed by atoms with Crippen LogP contribution < -0.4 is 4.74 Å². The molecule has 1 aliphatic rings. The molecule has 0 N–H and O–H groups in total. The molecule has 4 rings (SSSR count). The summed E-state index contributed by atoms with van der Waals surface area (Å²) in [6.45, 7) is 4.61. The lowest BCUT2D eigenvalue weighted by atomic mass is 9.91. The summed E-state index contributed by atoms with van der Waals surface area (Å²) in [7, 11) is 0. The molecule has 0 saturated heterocycles. The highest BCUT2D eigenvalue weighted by molar-refractivity contribution is 6.29. The molecule has 26 heavy (non-hydrogen) atoms. The molecule has 2 aromatic carbocycles. The number of Topliss-reactive ketones (excluding diaryl/α,β-unsaturated/α-hetero) is 1. The first kappa shape index (κ1) is 16.4. The van der Waals surface area contributed by atoms with Gasteiger partial charge < -0.3 is 9.30 Å². The summed E-state index contributed by atoms with van der Waals surface area (Å²) in [5, 5.41) is 0. The van der Waals surface area contributed by atoms with Crippen molar-refractivity contribution in [1.29, 1.82) is 0 Å². The highest BCUT2D eigenvalue weighted by Crippen LogP contribution is 2.37. The van der Waals surface area contributed by atoms with E-state index in [2.05, 4.69) is 12.1 Å². The van der Waals surface area contributed by atoms with Crippen molar-refractivity contribution in [2.45, 2.75) is 26.0 Å². The Morgan fingerprint density at radius 1 is 0.962 bits per heavy atom. The number of carbonyl (C=O) groups excluding carboxylic acids is 1. The topological polar surface area (TPSA) is 31.2 Å². The van der Waals surface area contributed by atoms with E-state index in [1.807, 2.05) is 85.3 Å². The van der Waals surface area contributed by atoms with Gasteiger partial charge in [0, 0.05) is 23.9 Å². The molecule has 1 aliphatic heterocycles. The van der Waals surface area contributed by atoms with Crippen molar-refractivity contribution in [3.63, 3.8) is 0 Å². The fraction of sp³-hybridized carbons (Fsp3) is 0.174. The molecular weight excluding hydrogens is 322 g/mol. The summed E-state index contributed by atoms with van der Waals surface area (Å²) >= 11 is 0. The van der Waals surface area contributed by atoms with Crippen LogP contribution in [0, 0.1) is 0 Å². The van der Waals surface area contributed by atoms with E-state index in [-0.39, 0.29) is 5.78 Å². The second-order valence-corrected chi connectivity index (χ2v) is 7.10. The number of rotatable bonds is 4. The molecule has 3 nitrogen and oxygen atoms in total. The molecule has 0 spiro atoms. The average molecular weight is 343 g/mol. The van der Waals surface area contributed by atoms with Gasteiger partial charge in [-0.15, -0.1) is 0 Å². The van der Waals surface area contributed by atoms with E-state index < -0.39 is 5.60 Å². The molecule has 130 valence electrons. The highest BCUT2D eigenvalue weighted by atomic mass is 16.5. The molecule has 1 aromatic heterocycles. The minimum absolute atomic E-state index is 0.0229. The zero-order valence-corrected chi connectivity index (χ0v) is 15.0. The van der Waals surface area contributed by atoms with Crippen molar-refractivity contribution in [2.75, 3.05) is 0 Å². The molecule has 0 saturated carbocycles. The van der Waals surface area contributed by atoms with E-state index in [0.717, 1.165) is 11.3 Å². The molecule has 0 bridgehead atoms. The Morgan fingerprint density at radius 2 is 1.69 bits per heavy atom. The number of benzene rings is 2. The molecule has 2 heterocycles. The third kappa shape index (κ3) is 3.08. The maximum absolute atomic E-state index is 13.4. The molecule has 3 aromatic rings. The molecule has 0 amide bonds. The fourth-order valence-electron chi connectivity index (χ4n) is 3.38. The van der Waals surface area contributed by atoms with Crippen LogP contribution in [0.5, 0.6) is 5.75 Å². The van der Waals surface area contributed by atoms with Crippen LogP contribution >= 0.6 is 0 Å². The monoisotopic (exact) mass is 343 g/mol. The quantitative estimate of drug-likeness (QED) is 0.626. The number of hydrogen-bond acceptors (Lipinski definition) is 2. The van der Waals surface area contributed by atoms with Gasteiger partial charge >= 0.3 is 0 Å². The zero-order chi connectivity index (χ0) is 18.1. The van der Waals surface area contributed by atoms with E-state index in [0.29, 0.717) is 17.8 Å². The van der Waals surface area contributed by atoms with Crippen LogP contribution in [0.15, 0.2) is 79.0 Å². The molecule has 0 atom stereocenters. The van der Waals surface area contributed by atoms with Gasteiger partial charge in [-0.3, -0.25) is 4.79 Å². The van der Waals surface area contributed by atoms with Gasteiger partial charge in [-0.1, -0.05) is 48.5 Å². The van der Waals surface area contributed by atoms with Crippen LogP contribution in [0.4, 0.5) is 0 Å². The molecule has 0 fully saturated rings. The predicted octanol–water partition coefficient (Wildman–Crippen LogP) is 4.97. The second-order valence-electron chi connectivity index (χ2n) is 7.10. The third-order valence-electron chi connectivity index (χ3n) is 4.54. The lowest BCUT2D eigenvalue weighted by Crippen LogP contribution is -2.30. The predicted molar refractivity (Wildman–Crippen MR) is 103 cm³/mol. The number of fused-ring (bicyclic) bond motifs is 1. The number of aromatic nitrogens is 1. The van der Waals surface area contributed by atoms with Gasteiger partial charge in [0.1, 0.15) is 11.4 Å². The summed E-state index contributed by atoms with van der Waals surface area (Å²) in [4.78, 5) is 13.4. The van der Waals surface area contributed by atoms with Gasteiger partial charge in [-0.25, -0.2) is 0 Å². The Morgan fingerprint density at radius 3 is 2.50 bits per heavy atom. The van der Waals surface area contributed by atoms with Crippen LogP contribution in [0.3, 0.4) is 0 Å². The number of ketones is 1. The van der Waals surface area contributed by atoms with Gasteiger partial charge in [0.15, 0.2) is 0 Å². The van der Waals surface area contributed by atoms with Crippen LogP contribution in [-0.2, 0) is 6.54 Å². The summed E-state index contributed by atoms with van der Waals surface area (Å²) in [5.74, 6) is 0.777. The van der Waals surface area contributed by atoms with E-state index in [4.69, 9.17) is 4.74 Å². The summed E-state index contributed by atoms with van der Waals surface area (Å²) in [6.07, 6.45) is 3.88. The van der Waals surface area contributed by atoms with E-state index in [1.165, 1.54) is 5.56 Å². The van der Waals surface area contributed by atoms with Crippen molar-refractivity contribution in [3.8, 4) is 5.75 Å². The van der Waals surface area contributed by atoms with Gasteiger partial charge in [-0.05, 0) is 43.7 Å². The van der Waals surface area contributed by atoms with Crippen LogP contribution in [-0.4, -0.2) is 16.0 Å². The first-order valence-electron chi connectivity index (χ1n) is 8.78. The number of para-hydroxylation sites is 1. The summed E-state index contributed by atoms with van der Waals surface area (Å²) in [6, 6.07) is 21.7. The molecule has 0 radical (unpaired) electrons. The van der Waals surface area contributed by atoms with Gasteiger partial charge in [-0.2, -0.15) is 0 Å². The molecular formula is C23H21NO2. The minimum atomic E-state index is -0.518. The van der Waals surface area contributed by atoms with Crippen LogP contribution in [0.25, 0.3) is 5.57 Å². The Kier molecular flexibility index (Phi) is 4.00. The second kappa shape index (κ2) is 6.34. The SMILES string of the molecule is CC1(C)C=C(C(=O)c2cccn2Cc2ccccc2)c2ccccc2O1. The van der Waals surface area contributed by atoms with Crippen molar-refractivity contribution >= 4 is 11.4 Å². The van der Waals surface area contributed by atoms with Crippen molar-refractivity contribution in [2.24, 2.45) is 0 Å². The average Bonchev–Trinajstić information content (AvgIpc) is 3.08. The Labute approximate surface area is 153 Å². The lowest BCUT2D eigenvalue weighted by Gasteiger charge is -2.30. The maximum atomic E-state index is 13.4. The first-order valence-corrected chi connectivity index (χ1v) is 8.78. The fourth-order valence-corrected chi connectivity index (χ4v) is 3.38. The summed E-state index contributed by atoms with van der Waals surface area (Å²) in [5.41, 5.74) is 2.89. The molecule has 0 aliphatic carbocycles. The van der Waals surface area contributed by atoms with E-state index in [9.17, 15) is 4.79 Å². The van der Waals surface area contributed by atoms with Gasteiger partial charge in [0.25, 0.3) is 0 Å². The van der Waals surface area contributed by atoms with Gasteiger partial charge in [0.05, 0.1) is 5.69 Å². The smallest absolute Gasteiger partial charge is 0.209 e. The number of hydrogen-bond donors (Lipinski definition) is 0. The third-order valence-corrected chi connectivity index (χ3v) is 4.54. The Balaban J connectivity index is 1.72. The first-order chi connectivity index (χ1) is 12.5. The zero-order valence-electron chi connectivity index (χ0n) is 15.0. The number of ether oxygens (including phenoxy) is 1. The Bertz CT molecular complexity index is 980. The van der Waals surface area contributed by atoms with E-state index >= 15 is 0 Å². The number of nitrogens with zero attached hydrogens (tertiary/aromatic N) is 1. The normalized spacial score (nSPS) is 14.9. The van der Waals surface area contributed by atoms with Crippen LogP contribution in [0.1, 0.15) is 35.5 Å². The van der Waals surface area contributed by atoms with Crippen molar-refractivity contribution in [3.05, 3.63) is 95.8 Å². The van der Waals surface area contributed by atoms with Crippen LogP contribution in [0.2, 0.25) is 0 Å². The summed E-state index contributed by atoms with van der Waals surface area (Å²) < 4.78 is 8.01. The molecule has 3 heteroatoms. The van der Waals surface area contributed by atoms with Crippen molar-refractivity contribution < 1.29 is 9.53 Å². The highest BCUT2D eigenvalue weighted by Gasteiger charge is 2.30. The largest absolute Gasteiger partial charge is 0.483 e. The maximum Gasteiger partial charge on any atom is 0.209 e. The van der Waals surface area contributed by atoms with Gasteiger partial charge in [0.2, 0.25) is 5.78 Å². The Hall–Kier alpha value is -3.07. The molecule has 0 unspecified atom stereocenters. The van der Waals surface area contributed by atoms with Crippen molar-refractivity contribution in [1.82, 2.24) is 4.57 Å².